The van der Waals surface area contributed by atoms with Crippen LogP contribution in [0.5, 0.6) is 0 Å². The van der Waals surface area contributed by atoms with Crippen LogP contribution in [0.25, 0.3) is 0 Å². The van der Waals surface area contributed by atoms with Crippen molar-refractivity contribution in [2.24, 2.45) is 0 Å². The van der Waals surface area contributed by atoms with Gasteiger partial charge in [-0.05, 0) is 27.2 Å². The van der Waals surface area contributed by atoms with Gasteiger partial charge in [0.15, 0.2) is 0 Å². The van der Waals surface area contributed by atoms with Crippen LogP contribution in [0.15, 0.2) is 12.7 Å². The van der Waals surface area contributed by atoms with Gasteiger partial charge in [-0.3, -0.25) is 0 Å². The lowest BCUT2D eigenvalue weighted by molar-refractivity contribution is 0.0253. The van der Waals surface area contributed by atoms with E-state index in [0.717, 1.165) is 6.42 Å². The average molecular weight is 199 g/mol. The number of likely N-dealkylation sites (N-methyl/N-ethyl adjacent to an activating group) is 1. The molecule has 82 valence electrons. The Hall–Kier alpha value is -0.990. The topological polar surface area (TPSA) is 29.5 Å². The summed E-state index contributed by atoms with van der Waals surface area (Å²) in [7, 11) is 1.73. The zero-order valence-corrected chi connectivity index (χ0v) is 9.83. The van der Waals surface area contributed by atoms with Crippen LogP contribution >= 0.6 is 0 Å². The van der Waals surface area contributed by atoms with Crippen LogP contribution < -0.4 is 0 Å². The number of nitrogens with zero attached hydrogens (tertiary/aromatic N) is 1. The van der Waals surface area contributed by atoms with Crippen LogP contribution in [0.1, 0.15) is 34.1 Å². The molecule has 0 fully saturated rings. The molecule has 0 spiro atoms. The van der Waals surface area contributed by atoms with Gasteiger partial charge in [0.25, 0.3) is 0 Å². The Morgan fingerprint density at radius 3 is 2.36 bits per heavy atom. The lowest BCUT2D eigenvalue weighted by Gasteiger charge is -2.28. The Bertz CT molecular complexity index is 206. The number of hydrogen-bond donors (Lipinski definition) is 0. The van der Waals surface area contributed by atoms with Gasteiger partial charge in [-0.15, -0.1) is 6.58 Å². The maximum absolute atomic E-state index is 11.6. The van der Waals surface area contributed by atoms with Crippen molar-refractivity contribution in [3.63, 3.8) is 0 Å². The second-order valence-corrected chi connectivity index (χ2v) is 4.30. The fourth-order valence-corrected chi connectivity index (χ4v) is 1.07. The van der Waals surface area contributed by atoms with E-state index in [9.17, 15) is 4.79 Å². The van der Waals surface area contributed by atoms with E-state index in [2.05, 4.69) is 6.58 Å². The van der Waals surface area contributed by atoms with Crippen LogP contribution in [-0.4, -0.2) is 29.7 Å². The zero-order valence-electron chi connectivity index (χ0n) is 9.83. The maximum Gasteiger partial charge on any atom is 0.410 e. The largest absolute Gasteiger partial charge is 0.444 e. The molecular weight excluding hydrogens is 178 g/mol. The monoisotopic (exact) mass is 199 g/mol. The second-order valence-electron chi connectivity index (χ2n) is 4.30. The molecule has 0 N–H and O–H groups in total. The molecule has 0 aromatic carbocycles. The van der Waals surface area contributed by atoms with Crippen molar-refractivity contribution < 1.29 is 9.53 Å². The minimum Gasteiger partial charge on any atom is -0.444 e. The van der Waals surface area contributed by atoms with Crippen molar-refractivity contribution >= 4 is 6.09 Å². The first-order valence-electron chi connectivity index (χ1n) is 4.90. The number of carbonyl (C=O) groups excluding carboxylic acids is 1. The Balaban J connectivity index is 4.31. The van der Waals surface area contributed by atoms with E-state index in [4.69, 9.17) is 4.74 Å². The SMILES string of the molecule is C=CC(CC)N(C)C(=O)OC(C)(C)C. The fraction of sp³-hybridized carbons (Fsp3) is 0.727. The van der Waals surface area contributed by atoms with Gasteiger partial charge in [0.05, 0.1) is 6.04 Å². The Kier molecular flexibility index (Phi) is 4.68. The number of amides is 1. The third-order valence-corrected chi connectivity index (χ3v) is 1.87. The maximum atomic E-state index is 11.6. The van der Waals surface area contributed by atoms with E-state index in [1.54, 1.807) is 18.0 Å². The van der Waals surface area contributed by atoms with Gasteiger partial charge in [0.2, 0.25) is 0 Å². The fourth-order valence-electron chi connectivity index (χ4n) is 1.07. The molecule has 0 saturated carbocycles. The van der Waals surface area contributed by atoms with Crippen LogP contribution in [0.2, 0.25) is 0 Å². The molecule has 1 amide bonds. The molecule has 14 heavy (non-hydrogen) atoms. The van der Waals surface area contributed by atoms with Crippen molar-refractivity contribution in [1.29, 1.82) is 0 Å². The number of rotatable bonds is 3. The summed E-state index contributed by atoms with van der Waals surface area (Å²) in [4.78, 5) is 13.1. The molecule has 0 aliphatic rings. The highest BCUT2D eigenvalue weighted by molar-refractivity contribution is 5.68. The normalized spacial score (nSPS) is 13.2. The molecule has 0 saturated heterocycles. The van der Waals surface area contributed by atoms with Crippen LogP contribution in [0.3, 0.4) is 0 Å². The van der Waals surface area contributed by atoms with E-state index < -0.39 is 5.60 Å². The smallest absolute Gasteiger partial charge is 0.410 e. The summed E-state index contributed by atoms with van der Waals surface area (Å²) >= 11 is 0. The quantitative estimate of drug-likeness (QED) is 0.654. The molecule has 0 bridgehead atoms. The third kappa shape index (κ3) is 4.30. The molecule has 0 rings (SSSR count). The highest BCUT2D eigenvalue weighted by Gasteiger charge is 2.22. The van der Waals surface area contributed by atoms with Gasteiger partial charge < -0.3 is 9.64 Å². The van der Waals surface area contributed by atoms with Crippen LogP contribution in [0, 0.1) is 0 Å². The number of ether oxygens (including phenoxy) is 1. The molecule has 0 radical (unpaired) electrons. The predicted octanol–water partition coefficient (Wildman–Crippen LogP) is 2.82. The molecule has 0 aliphatic carbocycles. The van der Waals surface area contributed by atoms with Crippen molar-refractivity contribution in [3.8, 4) is 0 Å². The Labute approximate surface area is 86.7 Å². The van der Waals surface area contributed by atoms with Gasteiger partial charge in [-0.25, -0.2) is 4.79 Å². The highest BCUT2D eigenvalue weighted by Crippen LogP contribution is 2.12. The lowest BCUT2D eigenvalue weighted by Crippen LogP contribution is -2.39. The summed E-state index contributed by atoms with van der Waals surface area (Å²) in [5.41, 5.74) is -0.440. The highest BCUT2D eigenvalue weighted by atomic mass is 16.6. The van der Waals surface area contributed by atoms with E-state index in [1.807, 2.05) is 27.7 Å². The molecular formula is C11H21NO2. The van der Waals surface area contributed by atoms with E-state index in [1.165, 1.54) is 0 Å². The Morgan fingerprint density at radius 1 is 1.57 bits per heavy atom. The summed E-state index contributed by atoms with van der Waals surface area (Å²) in [5, 5.41) is 0. The second kappa shape index (κ2) is 5.03. The van der Waals surface area contributed by atoms with Gasteiger partial charge in [0.1, 0.15) is 5.60 Å². The summed E-state index contributed by atoms with van der Waals surface area (Å²) < 4.78 is 5.22. The zero-order chi connectivity index (χ0) is 11.4. The third-order valence-electron chi connectivity index (χ3n) is 1.87. The van der Waals surface area contributed by atoms with Crippen molar-refractivity contribution in [3.05, 3.63) is 12.7 Å². The lowest BCUT2D eigenvalue weighted by atomic mass is 10.2. The van der Waals surface area contributed by atoms with E-state index in [-0.39, 0.29) is 12.1 Å². The molecule has 0 aliphatic heterocycles. The predicted molar refractivity (Wildman–Crippen MR) is 58.3 cm³/mol. The first-order chi connectivity index (χ1) is 6.31. The summed E-state index contributed by atoms with van der Waals surface area (Å²) in [6.45, 7) is 11.3. The van der Waals surface area contributed by atoms with Crippen molar-refractivity contribution in [2.45, 2.75) is 45.8 Å². The number of carbonyl (C=O) groups is 1. The molecule has 3 nitrogen and oxygen atoms in total. The van der Waals surface area contributed by atoms with Gasteiger partial charge in [-0.1, -0.05) is 13.0 Å². The molecule has 0 aromatic rings. The summed E-state index contributed by atoms with van der Waals surface area (Å²) in [6.07, 6.45) is 2.30. The summed E-state index contributed by atoms with van der Waals surface area (Å²) in [6, 6.07) is 0.0462. The minimum atomic E-state index is -0.440. The first kappa shape index (κ1) is 13.0. The average Bonchev–Trinajstić information content (AvgIpc) is 2.03. The summed E-state index contributed by atoms with van der Waals surface area (Å²) in [5.74, 6) is 0. The van der Waals surface area contributed by atoms with E-state index in [0.29, 0.717) is 0 Å². The van der Waals surface area contributed by atoms with Crippen LogP contribution in [-0.2, 0) is 4.74 Å². The molecule has 1 unspecified atom stereocenters. The minimum absolute atomic E-state index is 0.0462. The van der Waals surface area contributed by atoms with E-state index >= 15 is 0 Å². The molecule has 0 heterocycles. The standard InChI is InChI=1S/C11H21NO2/c1-7-9(8-2)12(6)10(13)14-11(3,4)5/h7,9H,1,8H2,2-6H3. The molecule has 3 heteroatoms. The Morgan fingerprint density at radius 2 is 2.07 bits per heavy atom. The first-order valence-corrected chi connectivity index (χ1v) is 4.90. The van der Waals surface area contributed by atoms with Gasteiger partial charge >= 0.3 is 6.09 Å². The number of hydrogen-bond acceptors (Lipinski definition) is 2. The van der Waals surface area contributed by atoms with Gasteiger partial charge in [0, 0.05) is 7.05 Å². The van der Waals surface area contributed by atoms with Crippen molar-refractivity contribution in [1.82, 2.24) is 4.90 Å². The molecule has 0 aromatic heterocycles. The van der Waals surface area contributed by atoms with Crippen molar-refractivity contribution in [2.75, 3.05) is 7.05 Å². The van der Waals surface area contributed by atoms with Crippen LogP contribution in [0.4, 0.5) is 4.79 Å². The van der Waals surface area contributed by atoms with Gasteiger partial charge in [-0.2, -0.15) is 0 Å². The molecule has 1 atom stereocenters.